The molecule has 4 bridgehead atoms. The van der Waals surface area contributed by atoms with Crippen LogP contribution in [0.5, 0.6) is 0 Å². The standard InChI is InChI=1S/C20H25N11O12P2/c21-8-6-1-38-45(36,37)43-13-11(32)7(41-19(13)31-5-27-10-16(31)28-20(23)29-17(10)33)2-39-44(34,35)42-12(8)18(40-6)30-4-26-9-14(22)24-3-25-15(9)30/h3-8,11-13,18-19,32H,1-2,21H2,(H,34,35)(H,36,37)(H2,22,24,25)(H3,23,28,29,33)/t6-,7-,8-,11-,12-,13-,18-,19+/m1/s1. The van der Waals surface area contributed by atoms with Crippen LogP contribution >= 0.6 is 15.6 Å². The third-order valence-corrected chi connectivity index (χ3v) is 9.39. The predicted molar refractivity (Wildman–Crippen MR) is 145 cm³/mol. The van der Waals surface area contributed by atoms with Crippen molar-refractivity contribution < 1.29 is 51.6 Å². The number of phosphoric ester groups is 2. The van der Waals surface area contributed by atoms with Crippen LogP contribution in [0.4, 0.5) is 11.8 Å². The second kappa shape index (κ2) is 10.8. The van der Waals surface area contributed by atoms with Gasteiger partial charge in [0.2, 0.25) is 5.95 Å². The Bertz CT molecular complexity index is 1940. The zero-order valence-electron chi connectivity index (χ0n) is 22.5. The Morgan fingerprint density at radius 3 is 2.20 bits per heavy atom. The number of nitrogen functional groups attached to an aromatic ring is 2. The molecule has 3 aliphatic heterocycles. The van der Waals surface area contributed by atoms with Crippen molar-refractivity contribution in [3.05, 3.63) is 29.3 Å². The summed E-state index contributed by atoms with van der Waals surface area (Å²) >= 11 is 0. The van der Waals surface area contributed by atoms with Crippen LogP contribution in [0.3, 0.4) is 0 Å². The van der Waals surface area contributed by atoms with Gasteiger partial charge in [-0.2, -0.15) is 4.98 Å². The van der Waals surface area contributed by atoms with E-state index in [1.807, 2.05) is 0 Å². The number of rotatable bonds is 2. The SMILES string of the molecule is Nc1nc2c(ncn2[C@H]2O[C@@H]3COP(=O)(O)O[C@@H]4[C@H](N)[C@@H](COP(=O)(O)O[C@@H]2[C@@H]3O)O[C@H]4n2cnc3c(N)ncnc32)c(=O)[nH]1. The van der Waals surface area contributed by atoms with Crippen LogP contribution in [-0.2, 0) is 36.7 Å². The number of anilines is 2. The summed E-state index contributed by atoms with van der Waals surface area (Å²) in [6, 6.07) is -1.24. The summed E-state index contributed by atoms with van der Waals surface area (Å²) in [6.07, 6.45) is -6.81. The molecule has 10 atom stereocenters. The van der Waals surface area contributed by atoms with Crippen molar-refractivity contribution in [1.29, 1.82) is 0 Å². The fourth-order valence-electron chi connectivity index (χ4n) is 5.33. The molecule has 25 heteroatoms. The summed E-state index contributed by atoms with van der Waals surface area (Å²) in [5.74, 6) is -0.227. The van der Waals surface area contributed by atoms with Crippen LogP contribution in [0.25, 0.3) is 22.3 Å². The molecule has 4 aromatic heterocycles. The average molecular weight is 673 g/mol. The molecule has 3 saturated heterocycles. The predicted octanol–water partition coefficient (Wildman–Crippen LogP) is -2.38. The van der Waals surface area contributed by atoms with Gasteiger partial charge < -0.3 is 41.6 Å². The van der Waals surface area contributed by atoms with E-state index >= 15 is 0 Å². The molecule has 7 rings (SSSR count). The van der Waals surface area contributed by atoms with Gasteiger partial charge in [0.25, 0.3) is 5.56 Å². The Balaban J connectivity index is 1.23. The number of nitrogens with two attached hydrogens (primary N) is 3. The zero-order valence-corrected chi connectivity index (χ0v) is 24.3. The first kappa shape index (κ1) is 30.2. The average Bonchev–Trinajstić information content (AvgIpc) is 3.72. The van der Waals surface area contributed by atoms with Crippen molar-refractivity contribution in [2.45, 2.75) is 49.0 Å². The van der Waals surface area contributed by atoms with E-state index in [0.29, 0.717) is 0 Å². The monoisotopic (exact) mass is 673 g/mol. The van der Waals surface area contributed by atoms with Crippen LogP contribution in [0.1, 0.15) is 12.5 Å². The van der Waals surface area contributed by atoms with Crippen LogP contribution in [0, 0.1) is 0 Å². The van der Waals surface area contributed by atoms with Crippen molar-refractivity contribution >= 4 is 49.7 Å². The normalized spacial score (nSPS) is 37.7. The first-order chi connectivity index (χ1) is 21.3. The lowest BCUT2D eigenvalue weighted by atomic mass is 10.1. The number of hydrogen-bond donors (Lipinski definition) is 7. The number of H-pyrrole nitrogens is 1. The Labute approximate surface area is 249 Å². The highest BCUT2D eigenvalue weighted by atomic mass is 31.2. The summed E-state index contributed by atoms with van der Waals surface area (Å²) in [5.41, 5.74) is 17.2. The van der Waals surface area contributed by atoms with Crippen molar-refractivity contribution in [3.63, 3.8) is 0 Å². The Hall–Kier alpha value is -3.44. The van der Waals surface area contributed by atoms with E-state index in [0.717, 1.165) is 10.9 Å². The molecule has 0 saturated carbocycles. The Kier molecular flexibility index (Phi) is 7.27. The molecule has 0 aromatic carbocycles. The Morgan fingerprint density at radius 1 is 0.867 bits per heavy atom. The van der Waals surface area contributed by atoms with Gasteiger partial charge >= 0.3 is 15.6 Å². The number of aliphatic hydroxyl groups is 1. The number of aliphatic hydroxyl groups excluding tert-OH is 1. The maximum absolute atomic E-state index is 13.2. The van der Waals surface area contributed by atoms with Gasteiger partial charge in [0, 0.05) is 0 Å². The number of fused-ring (bicyclic) bond motifs is 6. The fraction of sp³-hybridized carbons (Fsp3) is 0.500. The van der Waals surface area contributed by atoms with Gasteiger partial charge in [0.15, 0.2) is 35.1 Å². The second-order valence-electron chi connectivity index (χ2n) is 10.2. The summed E-state index contributed by atoms with van der Waals surface area (Å²) in [4.78, 5) is 56.1. The van der Waals surface area contributed by atoms with Gasteiger partial charge in [-0.05, 0) is 0 Å². The van der Waals surface area contributed by atoms with E-state index in [9.17, 15) is 28.8 Å². The van der Waals surface area contributed by atoms with Gasteiger partial charge in [-0.15, -0.1) is 0 Å². The van der Waals surface area contributed by atoms with E-state index in [4.69, 9.17) is 44.8 Å². The highest BCUT2D eigenvalue weighted by Crippen LogP contribution is 2.53. The van der Waals surface area contributed by atoms with E-state index in [1.54, 1.807) is 0 Å². The maximum Gasteiger partial charge on any atom is 0.472 e. The third kappa shape index (κ3) is 5.31. The topological polar surface area (TPSA) is 335 Å². The van der Waals surface area contributed by atoms with Crippen molar-refractivity contribution in [1.82, 2.24) is 39.0 Å². The zero-order chi connectivity index (χ0) is 31.8. The highest BCUT2D eigenvalue weighted by molar-refractivity contribution is 7.47. The first-order valence-corrected chi connectivity index (χ1v) is 16.0. The molecule has 45 heavy (non-hydrogen) atoms. The molecule has 4 aromatic rings. The summed E-state index contributed by atoms with van der Waals surface area (Å²) in [7, 11) is -10.0. The lowest BCUT2D eigenvalue weighted by Gasteiger charge is -2.26. The molecule has 0 amide bonds. The molecule has 7 heterocycles. The highest BCUT2D eigenvalue weighted by Gasteiger charge is 2.53. The second-order valence-corrected chi connectivity index (χ2v) is 13.0. The van der Waals surface area contributed by atoms with Gasteiger partial charge in [-0.1, -0.05) is 0 Å². The molecule has 242 valence electrons. The number of aromatic amines is 1. The van der Waals surface area contributed by atoms with Crippen LogP contribution in [0.15, 0.2) is 23.8 Å². The smallest absolute Gasteiger partial charge is 0.387 e. The van der Waals surface area contributed by atoms with E-state index in [1.165, 1.54) is 17.2 Å². The molecule has 23 nitrogen and oxygen atoms in total. The van der Waals surface area contributed by atoms with Gasteiger partial charge in [0.1, 0.15) is 42.4 Å². The lowest BCUT2D eigenvalue weighted by molar-refractivity contribution is -0.0673. The van der Waals surface area contributed by atoms with Gasteiger partial charge in [-0.25, -0.2) is 29.1 Å². The minimum Gasteiger partial charge on any atom is -0.387 e. The summed E-state index contributed by atoms with van der Waals surface area (Å²) < 4.78 is 61.8. The number of aromatic nitrogens is 8. The maximum atomic E-state index is 13.2. The lowest BCUT2D eigenvalue weighted by Crippen LogP contribution is -2.43. The summed E-state index contributed by atoms with van der Waals surface area (Å²) in [5, 5.41) is 11.1. The quantitative estimate of drug-likeness (QED) is 0.109. The molecule has 0 radical (unpaired) electrons. The van der Waals surface area contributed by atoms with Crippen molar-refractivity contribution in [3.8, 4) is 0 Å². The van der Waals surface area contributed by atoms with Crippen LogP contribution in [-0.4, -0.2) is 104 Å². The molecular formula is C20H25N11O12P2. The van der Waals surface area contributed by atoms with Crippen LogP contribution in [0.2, 0.25) is 0 Å². The van der Waals surface area contributed by atoms with Crippen molar-refractivity contribution in [2.75, 3.05) is 24.7 Å². The number of phosphoric acid groups is 2. The number of nitrogens with one attached hydrogen (secondary N) is 1. The van der Waals surface area contributed by atoms with Gasteiger partial charge in [0.05, 0.1) is 31.9 Å². The molecule has 0 spiro atoms. The van der Waals surface area contributed by atoms with Crippen molar-refractivity contribution in [2.24, 2.45) is 5.73 Å². The van der Waals surface area contributed by atoms with E-state index in [-0.39, 0.29) is 34.1 Å². The molecule has 2 unspecified atom stereocenters. The molecule has 10 N–H and O–H groups in total. The minimum atomic E-state index is -5.04. The largest absolute Gasteiger partial charge is 0.472 e. The van der Waals surface area contributed by atoms with Crippen LogP contribution < -0.4 is 22.8 Å². The number of ether oxygens (including phenoxy) is 2. The van der Waals surface area contributed by atoms with E-state index < -0.39 is 83.4 Å². The number of nitrogens with zero attached hydrogens (tertiary/aromatic N) is 7. The van der Waals surface area contributed by atoms with Gasteiger partial charge in [-0.3, -0.25) is 37.0 Å². The van der Waals surface area contributed by atoms with E-state index in [2.05, 4.69) is 29.9 Å². The third-order valence-electron chi connectivity index (χ3n) is 7.42. The molecule has 3 aliphatic rings. The number of hydrogen-bond acceptors (Lipinski definition) is 18. The Morgan fingerprint density at radius 2 is 1.47 bits per heavy atom. The molecular weight excluding hydrogens is 648 g/mol. The molecule has 3 fully saturated rings. The number of imidazole rings is 2. The molecule has 0 aliphatic carbocycles. The minimum absolute atomic E-state index is 0.0491. The first-order valence-electron chi connectivity index (χ1n) is 13.0. The summed E-state index contributed by atoms with van der Waals surface area (Å²) in [6.45, 7) is -1.48. The fourth-order valence-corrected chi connectivity index (χ4v) is 7.21.